The summed E-state index contributed by atoms with van der Waals surface area (Å²) in [6, 6.07) is 16.5. The molecule has 1 N–H and O–H groups in total. The Morgan fingerprint density at radius 2 is 1.83 bits per heavy atom. The average Bonchev–Trinajstić information content (AvgIpc) is 2.98. The molecule has 0 unspecified atom stereocenters. The first-order valence-corrected chi connectivity index (χ1v) is 7.20. The zero-order valence-electron chi connectivity index (χ0n) is 12.9. The number of aromatic nitrogens is 1. The predicted octanol–water partition coefficient (Wildman–Crippen LogP) is 4.34. The van der Waals surface area contributed by atoms with Gasteiger partial charge in [-0.05, 0) is 38.1 Å². The highest BCUT2D eigenvalue weighted by Gasteiger charge is 2.14. The molecule has 0 saturated heterocycles. The summed E-state index contributed by atoms with van der Waals surface area (Å²) >= 11 is 0. The summed E-state index contributed by atoms with van der Waals surface area (Å²) in [7, 11) is 0. The Balaban J connectivity index is 1.80. The van der Waals surface area contributed by atoms with Crippen molar-refractivity contribution in [1.82, 2.24) is 5.16 Å². The van der Waals surface area contributed by atoms with Crippen LogP contribution in [0.25, 0.3) is 0 Å². The van der Waals surface area contributed by atoms with E-state index in [9.17, 15) is 4.79 Å². The number of ether oxygens (including phenoxy) is 1. The highest BCUT2D eigenvalue weighted by molar-refractivity contribution is 6.03. The lowest BCUT2D eigenvalue weighted by atomic mass is 10.2. The van der Waals surface area contributed by atoms with Gasteiger partial charge in [0.2, 0.25) is 5.76 Å². The molecule has 0 spiro atoms. The molecule has 0 saturated carbocycles. The van der Waals surface area contributed by atoms with Crippen LogP contribution in [0.3, 0.4) is 0 Å². The molecule has 1 aromatic heterocycles. The average molecular weight is 308 g/mol. The van der Waals surface area contributed by atoms with Gasteiger partial charge >= 0.3 is 0 Å². The molecular weight excluding hydrogens is 292 g/mol. The van der Waals surface area contributed by atoms with Crippen LogP contribution >= 0.6 is 0 Å². The molecule has 5 heteroatoms. The number of benzene rings is 2. The van der Waals surface area contributed by atoms with Crippen molar-refractivity contribution in [3.8, 4) is 11.5 Å². The normalized spacial score (nSPS) is 10.3. The third kappa shape index (κ3) is 3.58. The van der Waals surface area contributed by atoms with E-state index in [-0.39, 0.29) is 11.7 Å². The Morgan fingerprint density at radius 3 is 2.52 bits per heavy atom. The van der Waals surface area contributed by atoms with Crippen molar-refractivity contribution >= 4 is 11.6 Å². The summed E-state index contributed by atoms with van der Waals surface area (Å²) in [6.45, 7) is 3.77. The molecule has 1 amide bonds. The second-order valence-electron chi connectivity index (χ2n) is 5.20. The molecule has 0 aliphatic carbocycles. The summed E-state index contributed by atoms with van der Waals surface area (Å²) in [5.41, 5.74) is 2.37. The van der Waals surface area contributed by atoms with E-state index in [4.69, 9.17) is 9.26 Å². The Kier molecular flexibility index (Phi) is 4.10. The van der Waals surface area contributed by atoms with Crippen molar-refractivity contribution in [3.63, 3.8) is 0 Å². The van der Waals surface area contributed by atoms with Gasteiger partial charge in [-0.3, -0.25) is 4.79 Å². The van der Waals surface area contributed by atoms with Crippen molar-refractivity contribution in [2.24, 2.45) is 0 Å². The number of nitrogens with zero attached hydrogens (tertiary/aromatic N) is 1. The molecule has 0 aliphatic rings. The third-order valence-corrected chi connectivity index (χ3v) is 3.24. The van der Waals surface area contributed by atoms with Gasteiger partial charge in [0.25, 0.3) is 5.91 Å². The van der Waals surface area contributed by atoms with Crippen molar-refractivity contribution in [1.29, 1.82) is 0 Å². The zero-order chi connectivity index (χ0) is 16.2. The van der Waals surface area contributed by atoms with E-state index < -0.39 is 0 Å². The largest absolute Gasteiger partial charge is 0.455 e. The summed E-state index contributed by atoms with van der Waals surface area (Å²) in [6.07, 6.45) is 0. The quantitative estimate of drug-likeness (QED) is 0.779. The van der Waals surface area contributed by atoms with Gasteiger partial charge in [0.1, 0.15) is 5.75 Å². The van der Waals surface area contributed by atoms with E-state index in [0.29, 0.717) is 22.9 Å². The molecule has 5 nitrogen and oxygen atoms in total. The molecule has 23 heavy (non-hydrogen) atoms. The number of hydrogen-bond donors (Lipinski definition) is 1. The molecule has 0 fully saturated rings. The van der Waals surface area contributed by atoms with Crippen LogP contribution in [0.4, 0.5) is 5.69 Å². The van der Waals surface area contributed by atoms with E-state index in [1.807, 2.05) is 43.3 Å². The van der Waals surface area contributed by atoms with Gasteiger partial charge in [-0.15, -0.1) is 0 Å². The minimum absolute atomic E-state index is 0.160. The van der Waals surface area contributed by atoms with E-state index >= 15 is 0 Å². The first-order chi connectivity index (χ1) is 11.1. The molecular formula is C18H16N2O3. The topological polar surface area (TPSA) is 64.4 Å². The minimum Gasteiger partial charge on any atom is -0.455 e. The van der Waals surface area contributed by atoms with Gasteiger partial charge in [-0.2, -0.15) is 0 Å². The first-order valence-electron chi connectivity index (χ1n) is 7.20. The smallest absolute Gasteiger partial charge is 0.294 e. The molecule has 0 bridgehead atoms. The first kappa shape index (κ1) is 14.8. The lowest BCUT2D eigenvalue weighted by Crippen LogP contribution is -2.11. The highest BCUT2D eigenvalue weighted by Crippen LogP contribution is 2.29. The van der Waals surface area contributed by atoms with E-state index in [0.717, 1.165) is 5.56 Å². The van der Waals surface area contributed by atoms with Crippen LogP contribution in [0.15, 0.2) is 59.1 Å². The highest BCUT2D eigenvalue weighted by atomic mass is 16.5. The zero-order valence-corrected chi connectivity index (χ0v) is 12.9. The van der Waals surface area contributed by atoms with Gasteiger partial charge in [0.05, 0.1) is 11.4 Å². The number of carbonyl (C=O) groups excluding carboxylic acids is 1. The summed E-state index contributed by atoms with van der Waals surface area (Å²) < 4.78 is 10.8. The van der Waals surface area contributed by atoms with Crippen LogP contribution in [0.5, 0.6) is 11.5 Å². The molecule has 1 heterocycles. The van der Waals surface area contributed by atoms with Crippen molar-refractivity contribution in [2.45, 2.75) is 13.8 Å². The van der Waals surface area contributed by atoms with Gasteiger partial charge in [-0.25, -0.2) is 0 Å². The summed E-state index contributed by atoms with van der Waals surface area (Å²) in [5, 5.41) is 6.48. The lowest BCUT2D eigenvalue weighted by Gasteiger charge is -2.11. The molecule has 2 aromatic carbocycles. The second-order valence-corrected chi connectivity index (χ2v) is 5.20. The number of amides is 1. The number of carbonyl (C=O) groups is 1. The van der Waals surface area contributed by atoms with Crippen LogP contribution in [0, 0.1) is 13.8 Å². The molecule has 3 aromatic rings. The molecule has 0 radical (unpaired) electrons. The Labute approximate surface area is 133 Å². The fourth-order valence-corrected chi connectivity index (χ4v) is 2.05. The second kappa shape index (κ2) is 6.36. The van der Waals surface area contributed by atoms with Crippen LogP contribution < -0.4 is 10.1 Å². The van der Waals surface area contributed by atoms with E-state index in [2.05, 4.69) is 10.5 Å². The summed E-state index contributed by atoms with van der Waals surface area (Å²) in [5.74, 6) is 1.05. The van der Waals surface area contributed by atoms with Gasteiger partial charge in [-0.1, -0.05) is 35.0 Å². The maximum atomic E-state index is 12.2. The number of para-hydroxylation sites is 2. The van der Waals surface area contributed by atoms with Crippen molar-refractivity contribution in [3.05, 3.63) is 71.6 Å². The van der Waals surface area contributed by atoms with E-state index in [1.165, 1.54) is 0 Å². The predicted molar refractivity (Wildman–Crippen MR) is 86.9 cm³/mol. The number of hydrogen-bond acceptors (Lipinski definition) is 4. The number of rotatable bonds is 4. The van der Waals surface area contributed by atoms with Gasteiger partial charge in [0, 0.05) is 6.07 Å². The van der Waals surface area contributed by atoms with Crippen molar-refractivity contribution in [2.75, 3.05) is 5.32 Å². The van der Waals surface area contributed by atoms with Gasteiger partial charge in [0.15, 0.2) is 5.75 Å². The van der Waals surface area contributed by atoms with E-state index in [1.54, 1.807) is 25.1 Å². The van der Waals surface area contributed by atoms with Crippen molar-refractivity contribution < 1.29 is 14.1 Å². The Bertz CT molecular complexity index is 822. The number of aryl methyl sites for hydroxylation is 2. The molecule has 0 aliphatic heterocycles. The van der Waals surface area contributed by atoms with Crippen LogP contribution in [0.1, 0.15) is 21.8 Å². The van der Waals surface area contributed by atoms with Crippen LogP contribution in [-0.4, -0.2) is 11.1 Å². The lowest BCUT2D eigenvalue weighted by molar-refractivity contribution is 0.0987. The molecule has 0 atom stereocenters. The molecule has 116 valence electrons. The Morgan fingerprint density at radius 1 is 1.09 bits per heavy atom. The van der Waals surface area contributed by atoms with Crippen LogP contribution in [-0.2, 0) is 0 Å². The number of nitrogens with one attached hydrogen (secondary N) is 1. The van der Waals surface area contributed by atoms with Crippen LogP contribution in [0.2, 0.25) is 0 Å². The fraction of sp³-hybridized carbons (Fsp3) is 0.111. The fourth-order valence-electron chi connectivity index (χ4n) is 2.05. The standard InChI is InChI=1S/C18H16N2O3/c1-12-7-9-14(10-8-12)22-16-6-4-3-5-15(16)19-18(21)17-11-13(2)20-23-17/h3-11H,1-2H3,(H,19,21). The minimum atomic E-state index is -0.370. The monoisotopic (exact) mass is 308 g/mol. The maximum Gasteiger partial charge on any atom is 0.294 e. The third-order valence-electron chi connectivity index (χ3n) is 3.24. The number of anilines is 1. The summed E-state index contributed by atoms with van der Waals surface area (Å²) in [4.78, 5) is 12.2. The Hall–Kier alpha value is -3.08. The maximum absolute atomic E-state index is 12.2. The van der Waals surface area contributed by atoms with Gasteiger partial charge < -0.3 is 14.6 Å². The molecule has 3 rings (SSSR count). The SMILES string of the molecule is Cc1ccc(Oc2ccccc2NC(=O)c2cc(C)no2)cc1.